The van der Waals surface area contributed by atoms with Gasteiger partial charge in [0, 0.05) is 18.7 Å². The second-order valence-electron chi connectivity index (χ2n) is 10.6. The average molecular weight is 497 g/mol. The van der Waals surface area contributed by atoms with Gasteiger partial charge in [-0.2, -0.15) is 0 Å². The van der Waals surface area contributed by atoms with Crippen molar-refractivity contribution in [3.05, 3.63) is 11.6 Å². The summed E-state index contributed by atoms with van der Waals surface area (Å²) in [5.74, 6) is -0.820. The molecule has 35 heavy (non-hydrogen) atoms. The van der Waals surface area contributed by atoms with Crippen LogP contribution < -0.4 is 10.6 Å². The van der Waals surface area contributed by atoms with Crippen molar-refractivity contribution in [3.8, 4) is 0 Å². The third-order valence-electron chi connectivity index (χ3n) is 6.77. The molecule has 1 saturated heterocycles. The number of piperidine rings is 1. The summed E-state index contributed by atoms with van der Waals surface area (Å²) >= 11 is 0. The van der Waals surface area contributed by atoms with Gasteiger partial charge in [0.15, 0.2) is 0 Å². The van der Waals surface area contributed by atoms with E-state index >= 15 is 0 Å². The van der Waals surface area contributed by atoms with Gasteiger partial charge in [0.1, 0.15) is 6.04 Å². The molecule has 1 aliphatic rings. The van der Waals surface area contributed by atoms with Crippen LogP contribution in [0.5, 0.6) is 0 Å². The number of likely N-dealkylation sites (N-methyl/N-ethyl adjacent to an activating group) is 1. The van der Waals surface area contributed by atoms with Crippen LogP contribution in [-0.4, -0.2) is 94.7 Å². The van der Waals surface area contributed by atoms with E-state index in [2.05, 4.69) is 29.4 Å². The van der Waals surface area contributed by atoms with Gasteiger partial charge in [-0.1, -0.05) is 40.2 Å². The minimum absolute atomic E-state index is 0.0106. The average Bonchev–Trinajstić information content (AvgIpc) is 2.82. The fourth-order valence-electron chi connectivity index (χ4n) is 4.51. The number of nitrogens with one attached hydrogen (secondary N) is 2. The fraction of sp³-hybridized carbons (Fsp3) is 0.808. The molecule has 0 aromatic carbocycles. The molecule has 0 aromatic rings. The van der Waals surface area contributed by atoms with Crippen molar-refractivity contribution in [1.29, 1.82) is 0 Å². The van der Waals surface area contributed by atoms with Gasteiger partial charge in [0.25, 0.3) is 0 Å². The molecular weight excluding hydrogens is 448 g/mol. The number of amides is 3. The highest BCUT2D eigenvalue weighted by Crippen LogP contribution is 2.21. The summed E-state index contributed by atoms with van der Waals surface area (Å²) in [5.41, 5.74) is 0.384. The van der Waals surface area contributed by atoms with Gasteiger partial charge in [0.05, 0.1) is 31.3 Å². The number of aliphatic hydroxyl groups is 2. The number of carbonyl (C=O) groups excluding carboxylic acids is 3. The Morgan fingerprint density at radius 2 is 1.60 bits per heavy atom. The first-order valence-corrected chi connectivity index (χ1v) is 12.9. The summed E-state index contributed by atoms with van der Waals surface area (Å²) in [5, 5.41) is 24.1. The molecule has 1 unspecified atom stereocenters. The van der Waals surface area contributed by atoms with E-state index in [-0.39, 0.29) is 55.0 Å². The highest BCUT2D eigenvalue weighted by molar-refractivity contribution is 5.93. The number of carbonyl (C=O) groups is 3. The first-order valence-electron chi connectivity index (χ1n) is 12.9. The first-order chi connectivity index (χ1) is 16.3. The van der Waals surface area contributed by atoms with Gasteiger partial charge in [-0.25, -0.2) is 0 Å². The molecule has 9 nitrogen and oxygen atoms in total. The molecule has 4 N–H and O–H groups in total. The molecule has 1 heterocycles. The van der Waals surface area contributed by atoms with Crippen LogP contribution in [0.2, 0.25) is 0 Å². The summed E-state index contributed by atoms with van der Waals surface area (Å²) in [7, 11) is 1.70. The van der Waals surface area contributed by atoms with Gasteiger partial charge in [-0.3, -0.25) is 19.3 Å². The molecule has 0 aromatic heterocycles. The summed E-state index contributed by atoms with van der Waals surface area (Å²) in [4.78, 5) is 43.2. The van der Waals surface area contributed by atoms with Crippen molar-refractivity contribution in [2.45, 2.75) is 97.9 Å². The van der Waals surface area contributed by atoms with Crippen molar-refractivity contribution in [1.82, 2.24) is 20.4 Å². The highest BCUT2D eigenvalue weighted by atomic mass is 16.3. The second kappa shape index (κ2) is 14.6. The zero-order valence-corrected chi connectivity index (χ0v) is 22.9. The second-order valence-corrected chi connectivity index (χ2v) is 10.6. The summed E-state index contributed by atoms with van der Waals surface area (Å²) < 4.78 is 0. The Morgan fingerprint density at radius 1 is 1.00 bits per heavy atom. The lowest BCUT2D eigenvalue weighted by molar-refractivity contribution is -0.140. The van der Waals surface area contributed by atoms with Crippen LogP contribution in [0, 0.1) is 11.8 Å². The van der Waals surface area contributed by atoms with Crippen LogP contribution in [0.25, 0.3) is 0 Å². The quantitative estimate of drug-likeness (QED) is 0.302. The van der Waals surface area contributed by atoms with Gasteiger partial charge in [-0.05, 0) is 52.0 Å². The number of hydrogen-bond acceptors (Lipinski definition) is 6. The Bertz CT molecular complexity index is 733. The van der Waals surface area contributed by atoms with E-state index in [4.69, 9.17) is 0 Å². The predicted octanol–water partition coefficient (Wildman–Crippen LogP) is 1.29. The van der Waals surface area contributed by atoms with Gasteiger partial charge < -0.3 is 25.7 Å². The van der Waals surface area contributed by atoms with E-state index in [1.807, 2.05) is 27.7 Å². The molecule has 0 aliphatic carbocycles. The Morgan fingerprint density at radius 3 is 2.09 bits per heavy atom. The Balaban J connectivity index is 3.06. The molecule has 0 saturated carbocycles. The Hall–Kier alpha value is -1.97. The first kappa shape index (κ1) is 31.1. The topological polar surface area (TPSA) is 122 Å². The van der Waals surface area contributed by atoms with E-state index < -0.39 is 18.0 Å². The molecule has 202 valence electrons. The van der Waals surface area contributed by atoms with Crippen molar-refractivity contribution in [3.63, 3.8) is 0 Å². The third-order valence-corrected chi connectivity index (χ3v) is 6.77. The standard InChI is InChI=1S/C26H48N4O5/c1-16(2)22(13-19(7)24(33)27-20(14-31)15-32)29(8)26(35)23(17(3)4)28-25(34)21-11-9-10-12-30(21)18(5)6/h13,16-18,20-23,31-32H,9-12,14-15H2,1-8H3,(H,27,33)(H,28,34)/t21?,22-,23+/m1/s1. The predicted molar refractivity (Wildman–Crippen MR) is 138 cm³/mol. The maximum atomic E-state index is 13.6. The molecule has 3 atom stereocenters. The van der Waals surface area contributed by atoms with E-state index in [0.29, 0.717) is 5.57 Å². The molecule has 1 aliphatic heterocycles. The lowest BCUT2D eigenvalue weighted by Gasteiger charge is -2.39. The third kappa shape index (κ3) is 8.88. The maximum absolute atomic E-state index is 13.6. The van der Waals surface area contributed by atoms with Crippen molar-refractivity contribution in [2.24, 2.45) is 11.8 Å². The molecule has 0 spiro atoms. The number of nitrogens with zero attached hydrogens (tertiary/aromatic N) is 2. The monoisotopic (exact) mass is 496 g/mol. The molecular formula is C26H48N4O5. The van der Waals surface area contributed by atoms with E-state index in [9.17, 15) is 24.6 Å². The summed E-state index contributed by atoms with van der Waals surface area (Å²) in [6, 6.07) is -1.78. The SMILES string of the molecule is CC(=C[C@H](C(C)C)N(C)C(=O)[C@@H](NC(=O)C1CCCCN1C(C)C)C(C)C)C(=O)NC(CO)CO. The van der Waals surface area contributed by atoms with Crippen LogP contribution in [0.4, 0.5) is 0 Å². The van der Waals surface area contributed by atoms with Crippen molar-refractivity contribution in [2.75, 3.05) is 26.8 Å². The van der Waals surface area contributed by atoms with E-state index in [1.165, 1.54) is 0 Å². The molecule has 3 amide bonds. The largest absolute Gasteiger partial charge is 0.394 e. The number of aliphatic hydroxyl groups excluding tert-OH is 2. The van der Waals surface area contributed by atoms with Gasteiger partial charge in [-0.15, -0.1) is 0 Å². The fourth-order valence-corrected chi connectivity index (χ4v) is 4.51. The van der Waals surface area contributed by atoms with Crippen LogP contribution in [-0.2, 0) is 14.4 Å². The zero-order valence-electron chi connectivity index (χ0n) is 22.9. The molecule has 1 fully saturated rings. The smallest absolute Gasteiger partial charge is 0.247 e. The van der Waals surface area contributed by atoms with Crippen LogP contribution in [0.1, 0.15) is 67.7 Å². The van der Waals surface area contributed by atoms with E-state index in [1.54, 1.807) is 24.9 Å². The molecule has 1 rings (SSSR count). The number of rotatable bonds is 12. The number of likely N-dealkylation sites (tertiary alicyclic amines) is 1. The van der Waals surface area contributed by atoms with Gasteiger partial charge in [0.2, 0.25) is 17.7 Å². The van der Waals surface area contributed by atoms with Crippen molar-refractivity contribution < 1.29 is 24.6 Å². The Kier molecular flexibility index (Phi) is 12.9. The van der Waals surface area contributed by atoms with Gasteiger partial charge >= 0.3 is 0 Å². The number of hydrogen-bond donors (Lipinski definition) is 4. The summed E-state index contributed by atoms with van der Waals surface area (Å²) in [6.07, 6.45) is 4.58. The van der Waals surface area contributed by atoms with Crippen molar-refractivity contribution >= 4 is 17.7 Å². The molecule has 0 radical (unpaired) electrons. The highest BCUT2D eigenvalue weighted by Gasteiger charge is 2.36. The van der Waals surface area contributed by atoms with Crippen LogP contribution in [0.15, 0.2) is 11.6 Å². The lowest BCUT2D eigenvalue weighted by Crippen LogP contribution is -2.58. The van der Waals surface area contributed by atoms with Crippen LogP contribution >= 0.6 is 0 Å². The Labute approximate surface area is 211 Å². The minimum atomic E-state index is -0.742. The normalized spacial score (nSPS) is 19.3. The van der Waals surface area contributed by atoms with E-state index in [0.717, 1.165) is 25.8 Å². The molecule has 9 heteroatoms. The summed E-state index contributed by atoms with van der Waals surface area (Å²) in [6.45, 7) is 13.7. The lowest BCUT2D eigenvalue weighted by atomic mass is 9.95. The minimum Gasteiger partial charge on any atom is -0.394 e. The zero-order chi connectivity index (χ0) is 26.9. The molecule has 0 bridgehead atoms. The van der Waals surface area contributed by atoms with Crippen LogP contribution in [0.3, 0.4) is 0 Å². The maximum Gasteiger partial charge on any atom is 0.247 e.